The van der Waals surface area contributed by atoms with Crippen molar-refractivity contribution in [1.82, 2.24) is 0 Å². The van der Waals surface area contributed by atoms with Gasteiger partial charge in [0.15, 0.2) is 0 Å². The summed E-state index contributed by atoms with van der Waals surface area (Å²) in [6.45, 7) is 1.36. The van der Waals surface area contributed by atoms with E-state index in [1.807, 2.05) is 12.2 Å². The number of hydrogen-bond donors (Lipinski definition) is 3. The Labute approximate surface area is 143 Å². The van der Waals surface area contributed by atoms with Gasteiger partial charge in [0, 0.05) is 12.6 Å². The molecule has 1 aromatic carbocycles. The number of amides is 2. The Kier molecular flexibility index (Phi) is 4.32. The summed E-state index contributed by atoms with van der Waals surface area (Å²) in [6.07, 6.45) is 4.52. The Hall–Kier alpha value is -2.34. The second-order valence-corrected chi connectivity index (χ2v) is 6.61. The molecule has 6 nitrogen and oxygen atoms in total. The Balaban J connectivity index is 1.79. The minimum atomic E-state index is -0.943. The van der Waals surface area contributed by atoms with Crippen LogP contribution in [0.15, 0.2) is 30.4 Å². The summed E-state index contributed by atoms with van der Waals surface area (Å²) in [6, 6.07) is 4.74. The molecule has 3 N–H and O–H groups in total. The van der Waals surface area contributed by atoms with Gasteiger partial charge in [-0.05, 0) is 36.5 Å². The molecule has 126 valence electrons. The molecule has 0 unspecified atom stereocenters. The number of benzene rings is 1. The number of carbonyl (C=O) groups is 3. The quantitative estimate of drug-likeness (QED) is 0.729. The van der Waals surface area contributed by atoms with Crippen molar-refractivity contribution < 1.29 is 19.5 Å². The van der Waals surface area contributed by atoms with Crippen molar-refractivity contribution in [3.8, 4) is 0 Å². The maximum Gasteiger partial charge on any atom is 0.307 e. The minimum Gasteiger partial charge on any atom is -0.481 e. The lowest BCUT2D eigenvalue weighted by Crippen LogP contribution is -2.36. The standard InChI is InChI=1S/C17H17ClN2O4/c1-8(21)19-13-7-11(4-5-12(13)18)20-16(22)14-9-2-3-10(6-9)15(14)17(23)24/h2-5,7,9-10,14-15H,6H2,1H3,(H,19,21)(H,20,22)(H,23,24)/t9-,10-,14-,15-/m0/s1. The van der Waals surface area contributed by atoms with Gasteiger partial charge in [0.2, 0.25) is 11.8 Å². The number of rotatable bonds is 4. The summed E-state index contributed by atoms with van der Waals surface area (Å²) >= 11 is 6.01. The largest absolute Gasteiger partial charge is 0.481 e. The Morgan fingerprint density at radius 3 is 2.42 bits per heavy atom. The third-order valence-corrected chi connectivity index (χ3v) is 4.92. The van der Waals surface area contributed by atoms with Gasteiger partial charge >= 0.3 is 5.97 Å². The first kappa shape index (κ1) is 16.5. The van der Waals surface area contributed by atoms with E-state index < -0.39 is 17.8 Å². The molecular formula is C17H17ClN2O4. The normalized spacial score (nSPS) is 27.1. The SMILES string of the molecule is CC(=O)Nc1cc(NC(=O)[C@@H]2[C@@H](C(=O)O)[C@H]3C=C[C@H]2C3)ccc1Cl. The molecule has 0 heterocycles. The Morgan fingerprint density at radius 1 is 1.12 bits per heavy atom. The first-order valence-electron chi connectivity index (χ1n) is 7.66. The number of fused-ring (bicyclic) bond motifs is 2. The lowest BCUT2D eigenvalue weighted by molar-refractivity contribution is -0.146. The molecule has 1 fully saturated rings. The molecule has 2 amide bonds. The zero-order chi connectivity index (χ0) is 17.4. The van der Waals surface area contributed by atoms with Gasteiger partial charge in [0.05, 0.1) is 22.5 Å². The highest BCUT2D eigenvalue weighted by atomic mass is 35.5. The number of anilines is 2. The van der Waals surface area contributed by atoms with Crippen LogP contribution in [0.3, 0.4) is 0 Å². The molecule has 3 rings (SSSR count). The van der Waals surface area contributed by atoms with E-state index in [9.17, 15) is 19.5 Å². The van der Waals surface area contributed by atoms with E-state index in [4.69, 9.17) is 11.6 Å². The molecule has 0 radical (unpaired) electrons. The van der Waals surface area contributed by atoms with Gasteiger partial charge < -0.3 is 15.7 Å². The van der Waals surface area contributed by atoms with E-state index in [0.717, 1.165) is 0 Å². The van der Waals surface area contributed by atoms with E-state index in [-0.39, 0.29) is 23.7 Å². The summed E-state index contributed by atoms with van der Waals surface area (Å²) < 4.78 is 0. The number of carboxylic acids is 1. The van der Waals surface area contributed by atoms with Crippen LogP contribution in [0.2, 0.25) is 5.02 Å². The van der Waals surface area contributed by atoms with Crippen LogP contribution in [0.25, 0.3) is 0 Å². The lowest BCUT2D eigenvalue weighted by atomic mass is 9.82. The number of aliphatic carboxylic acids is 1. The van der Waals surface area contributed by atoms with E-state index in [1.165, 1.54) is 6.92 Å². The van der Waals surface area contributed by atoms with Crippen LogP contribution in [0.1, 0.15) is 13.3 Å². The summed E-state index contributed by atoms with van der Waals surface area (Å²) in [5.41, 5.74) is 0.855. The van der Waals surface area contributed by atoms with Crippen LogP contribution in [-0.2, 0) is 14.4 Å². The summed E-state index contributed by atoms with van der Waals surface area (Å²) in [5, 5.41) is 15.1. The molecule has 0 aromatic heterocycles. The first-order valence-corrected chi connectivity index (χ1v) is 8.03. The highest BCUT2D eigenvalue weighted by molar-refractivity contribution is 6.33. The molecule has 2 bridgehead atoms. The van der Waals surface area contributed by atoms with Gasteiger partial charge in [-0.1, -0.05) is 23.8 Å². The van der Waals surface area contributed by atoms with Crippen molar-refractivity contribution in [1.29, 1.82) is 0 Å². The first-order chi connectivity index (χ1) is 11.4. The maximum absolute atomic E-state index is 12.6. The Morgan fingerprint density at radius 2 is 1.79 bits per heavy atom. The van der Waals surface area contributed by atoms with Gasteiger partial charge in [0.1, 0.15) is 0 Å². The maximum atomic E-state index is 12.6. The fraction of sp³-hybridized carbons (Fsp3) is 0.353. The third kappa shape index (κ3) is 3.01. The van der Waals surface area contributed by atoms with Crippen LogP contribution in [0.4, 0.5) is 11.4 Å². The van der Waals surface area contributed by atoms with Crippen LogP contribution in [-0.4, -0.2) is 22.9 Å². The Bertz CT molecular complexity index is 746. The molecule has 24 heavy (non-hydrogen) atoms. The van der Waals surface area contributed by atoms with E-state index >= 15 is 0 Å². The van der Waals surface area contributed by atoms with Crippen molar-refractivity contribution in [3.05, 3.63) is 35.4 Å². The third-order valence-electron chi connectivity index (χ3n) is 4.59. The second kappa shape index (κ2) is 6.28. The molecule has 7 heteroatoms. The summed E-state index contributed by atoms with van der Waals surface area (Å²) in [7, 11) is 0. The number of hydrogen-bond acceptors (Lipinski definition) is 3. The number of carboxylic acid groups (broad SMARTS) is 1. The summed E-state index contributed by atoms with van der Waals surface area (Å²) in [5.74, 6) is -2.94. The van der Waals surface area contributed by atoms with Gasteiger partial charge in [-0.15, -0.1) is 0 Å². The number of halogens is 1. The van der Waals surface area contributed by atoms with Gasteiger partial charge in [-0.3, -0.25) is 14.4 Å². The van der Waals surface area contributed by atoms with Crippen LogP contribution in [0.5, 0.6) is 0 Å². The van der Waals surface area contributed by atoms with Crippen molar-refractivity contribution >= 4 is 40.8 Å². The smallest absolute Gasteiger partial charge is 0.307 e. The van der Waals surface area contributed by atoms with Crippen LogP contribution < -0.4 is 10.6 Å². The fourth-order valence-corrected chi connectivity index (χ4v) is 3.80. The average Bonchev–Trinajstić information content (AvgIpc) is 3.10. The second-order valence-electron chi connectivity index (χ2n) is 6.20. The molecule has 0 saturated heterocycles. The topological polar surface area (TPSA) is 95.5 Å². The molecule has 0 spiro atoms. The van der Waals surface area contributed by atoms with E-state index in [1.54, 1.807) is 18.2 Å². The number of nitrogens with one attached hydrogen (secondary N) is 2. The van der Waals surface area contributed by atoms with E-state index in [2.05, 4.69) is 10.6 Å². The summed E-state index contributed by atoms with van der Waals surface area (Å²) in [4.78, 5) is 35.3. The van der Waals surface area contributed by atoms with Gasteiger partial charge in [-0.25, -0.2) is 0 Å². The zero-order valence-electron chi connectivity index (χ0n) is 13.0. The van der Waals surface area contributed by atoms with Gasteiger partial charge in [-0.2, -0.15) is 0 Å². The molecule has 1 saturated carbocycles. The van der Waals surface area contributed by atoms with Crippen molar-refractivity contribution in [3.63, 3.8) is 0 Å². The fourth-order valence-electron chi connectivity index (χ4n) is 3.63. The van der Waals surface area contributed by atoms with Crippen LogP contribution >= 0.6 is 11.6 Å². The van der Waals surface area contributed by atoms with Crippen molar-refractivity contribution in [2.45, 2.75) is 13.3 Å². The molecular weight excluding hydrogens is 332 g/mol. The number of carbonyl (C=O) groups excluding carboxylic acids is 2. The van der Waals surface area contributed by atoms with Crippen LogP contribution in [0, 0.1) is 23.7 Å². The monoisotopic (exact) mass is 348 g/mol. The molecule has 4 atom stereocenters. The molecule has 1 aromatic rings. The predicted molar refractivity (Wildman–Crippen MR) is 89.7 cm³/mol. The lowest BCUT2D eigenvalue weighted by Gasteiger charge is -2.24. The average molecular weight is 349 g/mol. The van der Waals surface area contributed by atoms with E-state index in [0.29, 0.717) is 22.8 Å². The highest BCUT2D eigenvalue weighted by Gasteiger charge is 2.51. The van der Waals surface area contributed by atoms with Crippen molar-refractivity contribution in [2.75, 3.05) is 10.6 Å². The van der Waals surface area contributed by atoms with Crippen molar-refractivity contribution in [2.24, 2.45) is 23.7 Å². The number of allylic oxidation sites excluding steroid dienone is 2. The molecule has 0 aliphatic heterocycles. The molecule has 2 aliphatic rings. The molecule has 2 aliphatic carbocycles. The van der Waals surface area contributed by atoms with Gasteiger partial charge in [0.25, 0.3) is 0 Å². The predicted octanol–water partition coefficient (Wildman–Crippen LogP) is 2.76. The minimum absolute atomic E-state index is 0.0433. The zero-order valence-corrected chi connectivity index (χ0v) is 13.7. The highest BCUT2D eigenvalue weighted by Crippen LogP contribution is 2.48.